The maximum Gasteiger partial charge on any atom is 0.330 e. The summed E-state index contributed by atoms with van der Waals surface area (Å²) in [6, 6.07) is 9.13. The van der Waals surface area contributed by atoms with Gasteiger partial charge in [-0.3, -0.25) is 19.1 Å². The molecule has 2 N–H and O–H groups in total. The molecule has 1 aliphatic heterocycles. The number of aromatic amines is 1. The van der Waals surface area contributed by atoms with Crippen LogP contribution in [0.1, 0.15) is 33.9 Å². The minimum atomic E-state index is -1.51. The van der Waals surface area contributed by atoms with Crippen LogP contribution in [-0.2, 0) is 19.0 Å². The highest BCUT2D eigenvalue weighted by Gasteiger charge is 2.34. The molecular weight excluding hydrogens is 485 g/mol. The number of esters is 1. The first-order chi connectivity index (χ1) is 16.0. The van der Waals surface area contributed by atoms with Crippen LogP contribution in [0.4, 0.5) is 0 Å². The average molecular weight is 512 g/mol. The summed E-state index contributed by atoms with van der Waals surface area (Å²) in [5.41, 5.74) is -2.37. The number of halogens is 1. The first kappa shape index (κ1) is 26.1. The number of H-pyrrole nitrogens is 1. The molecule has 10 nitrogen and oxygen atoms in total. The van der Waals surface area contributed by atoms with Gasteiger partial charge in [-0.05, 0) is 52.0 Å². The van der Waals surface area contributed by atoms with Crippen molar-refractivity contribution in [2.24, 2.45) is 0 Å². The molecule has 2 heterocycles. The molecule has 0 saturated heterocycles. The fourth-order valence-electron chi connectivity index (χ4n) is 2.87. The van der Waals surface area contributed by atoms with Crippen LogP contribution in [0.3, 0.4) is 0 Å². The van der Waals surface area contributed by atoms with Gasteiger partial charge in [0.25, 0.3) is 5.56 Å². The van der Waals surface area contributed by atoms with Crippen LogP contribution >= 0.6 is 19.9 Å². The van der Waals surface area contributed by atoms with Gasteiger partial charge in [0.2, 0.25) is 0 Å². The Hall–Kier alpha value is -2.49. The normalized spacial score (nSPS) is 18.8. The Bertz CT molecular complexity index is 1130. The third-order valence-corrected chi connectivity index (χ3v) is 6.37. The van der Waals surface area contributed by atoms with Crippen LogP contribution in [0.2, 0.25) is 5.02 Å². The molecule has 0 bridgehead atoms. The van der Waals surface area contributed by atoms with E-state index in [2.05, 4.69) is 10.1 Å². The smallest absolute Gasteiger partial charge is 0.330 e. The summed E-state index contributed by atoms with van der Waals surface area (Å²) < 4.78 is 24.1. The largest absolute Gasteiger partial charge is 0.462 e. The van der Waals surface area contributed by atoms with Crippen molar-refractivity contribution in [2.45, 2.75) is 51.9 Å². The maximum absolute atomic E-state index is 12.5. The first-order valence-electron chi connectivity index (χ1n) is 10.5. The molecular formula is C22H27ClN3O7P. The van der Waals surface area contributed by atoms with E-state index in [0.29, 0.717) is 5.75 Å². The van der Waals surface area contributed by atoms with Crippen LogP contribution in [-0.4, -0.2) is 39.8 Å². The Morgan fingerprint density at radius 1 is 1.26 bits per heavy atom. The monoisotopic (exact) mass is 511 g/mol. The molecule has 1 aliphatic rings. The number of benzene rings is 1. The third-order valence-electron chi connectivity index (χ3n) is 4.48. The number of hydrogen-bond donors (Lipinski definition) is 2. The van der Waals surface area contributed by atoms with Crippen molar-refractivity contribution in [3.8, 4) is 5.75 Å². The number of ether oxygens (including phenoxy) is 3. The predicted octanol–water partition coefficient (Wildman–Crippen LogP) is 3.29. The number of carbonyl (C=O) groups excluding carboxylic acids is 1. The lowest BCUT2D eigenvalue weighted by atomic mass is 10.1. The van der Waals surface area contributed by atoms with E-state index in [1.807, 2.05) is 18.2 Å². The number of carbonyl (C=O) groups is 1. The first-order valence-corrected chi connectivity index (χ1v) is 12.3. The van der Waals surface area contributed by atoms with Crippen molar-refractivity contribution in [1.82, 2.24) is 14.6 Å². The zero-order valence-corrected chi connectivity index (χ0v) is 20.8. The van der Waals surface area contributed by atoms with Crippen molar-refractivity contribution in [3.05, 3.63) is 74.5 Å². The van der Waals surface area contributed by atoms with Crippen molar-refractivity contribution in [3.63, 3.8) is 0 Å². The van der Waals surface area contributed by atoms with Crippen LogP contribution in [0, 0.1) is 0 Å². The molecule has 1 aromatic heterocycles. The summed E-state index contributed by atoms with van der Waals surface area (Å²) >= 11 is 5.82. The Kier molecular flexibility index (Phi) is 8.67. The molecule has 0 aliphatic carbocycles. The second kappa shape index (κ2) is 11.3. The van der Waals surface area contributed by atoms with E-state index in [4.69, 9.17) is 30.3 Å². The number of aromatic nitrogens is 2. The van der Waals surface area contributed by atoms with Crippen LogP contribution in [0.5, 0.6) is 5.75 Å². The number of nitrogens with zero attached hydrogens (tertiary/aromatic N) is 1. The highest BCUT2D eigenvalue weighted by Crippen LogP contribution is 2.38. The third kappa shape index (κ3) is 7.01. The van der Waals surface area contributed by atoms with Crippen molar-refractivity contribution in [2.75, 3.05) is 6.35 Å². The van der Waals surface area contributed by atoms with E-state index in [0.717, 1.165) is 4.57 Å². The van der Waals surface area contributed by atoms with Gasteiger partial charge in [0, 0.05) is 6.20 Å². The Balaban J connectivity index is 1.67. The van der Waals surface area contributed by atoms with Crippen LogP contribution < -0.4 is 20.9 Å². The molecule has 0 saturated carbocycles. The highest BCUT2D eigenvalue weighted by atomic mass is 35.5. The maximum atomic E-state index is 12.5. The topological polar surface area (TPSA) is 121 Å². The molecule has 3 rings (SSSR count). The Morgan fingerprint density at radius 3 is 2.65 bits per heavy atom. The summed E-state index contributed by atoms with van der Waals surface area (Å²) in [4.78, 5) is 38.2. The lowest BCUT2D eigenvalue weighted by Gasteiger charge is -2.30. The molecule has 0 fully saturated rings. The second-order valence-electron chi connectivity index (χ2n) is 8.19. The molecule has 34 heavy (non-hydrogen) atoms. The molecule has 3 atom stereocenters. The van der Waals surface area contributed by atoms with Gasteiger partial charge in [0.05, 0.1) is 6.10 Å². The van der Waals surface area contributed by atoms with E-state index < -0.39 is 43.6 Å². The van der Waals surface area contributed by atoms with Crippen molar-refractivity contribution >= 4 is 25.9 Å². The zero-order chi connectivity index (χ0) is 24.9. The second-order valence-corrected chi connectivity index (χ2v) is 10.0. The van der Waals surface area contributed by atoms with E-state index in [1.165, 1.54) is 6.20 Å². The Morgan fingerprint density at radius 2 is 1.97 bits per heavy atom. The number of rotatable bonds is 10. The minimum Gasteiger partial charge on any atom is -0.462 e. The van der Waals surface area contributed by atoms with Gasteiger partial charge < -0.3 is 18.7 Å². The standard InChI is InChI=1S/C22H27ClN3O7P/c1-14(2)31-20(28)22(3,4)25-34(33-15-8-6-5-7-9-15)13-30-18-11-10-17(32-18)26-12-16(23)19(27)24-21(26)29/h5-12,14,17-18,25H,13H2,1-4H3,(H,24,27,29). The van der Waals surface area contributed by atoms with Gasteiger partial charge in [0.1, 0.15) is 22.7 Å². The lowest BCUT2D eigenvalue weighted by Crippen LogP contribution is -2.47. The molecule has 1 aromatic carbocycles. The van der Waals surface area contributed by atoms with Gasteiger partial charge >= 0.3 is 11.7 Å². The fourth-order valence-corrected chi connectivity index (χ4v) is 4.56. The lowest BCUT2D eigenvalue weighted by molar-refractivity contribution is -0.153. The van der Waals surface area contributed by atoms with Gasteiger partial charge in [-0.15, -0.1) is 0 Å². The average Bonchev–Trinajstić information content (AvgIpc) is 3.23. The van der Waals surface area contributed by atoms with E-state index in [1.54, 1.807) is 52.0 Å². The molecule has 12 heteroatoms. The van der Waals surface area contributed by atoms with Gasteiger partial charge in [-0.1, -0.05) is 29.8 Å². The summed E-state index contributed by atoms with van der Waals surface area (Å²) in [6.45, 7) is 6.97. The molecule has 0 amide bonds. The quantitative estimate of drug-likeness (QED) is 0.283. The number of nitrogens with one attached hydrogen (secondary N) is 2. The van der Waals surface area contributed by atoms with Crippen LogP contribution in [0.25, 0.3) is 0 Å². The zero-order valence-electron chi connectivity index (χ0n) is 19.2. The summed E-state index contributed by atoms with van der Waals surface area (Å²) in [5.74, 6) is 0.186. The fraction of sp³-hybridized carbons (Fsp3) is 0.409. The molecule has 0 spiro atoms. The molecule has 0 radical (unpaired) electrons. The molecule has 3 unspecified atom stereocenters. The summed E-state index contributed by atoms with van der Waals surface area (Å²) in [7, 11) is -1.51. The molecule has 2 aromatic rings. The number of hydrogen-bond acceptors (Lipinski definition) is 8. The SMILES string of the molecule is CC(C)OC(=O)C(C)(C)NP(COC1C=CC(n2cc(Cl)c(=O)[nH]c2=O)O1)Oc1ccccc1. The van der Waals surface area contributed by atoms with Gasteiger partial charge in [0.15, 0.2) is 20.8 Å². The Labute approximate surface area is 202 Å². The van der Waals surface area contributed by atoms with Gasteiger partial charge in [-0.25, -0.2) is 9.88 Å². The highest BCUT2D eigenvalue weighted by molar-refractivity contribution is 7.50. The van der Waals surface area contributed by atoms with Gasteiger partial charge in [-0.2, -0.15) is 0 Å². The molecule has 184 valence electrons. The minimum absolute atomic E-state index is 0.0611. The van der Waals surface area contributed by atoms with Crippen LogP contribution in [0.15, 0.2) is 58.3 Å². The van der Waals surface area contributed by atoms with Crippen molar-refractivity contribution < 1.29 is 23.5 Å². The van der Waals surface area contributed by atoms with E-state index >= 15 is 0 Å². The summed E-state index contributed by atoms with van der Waals surface area (Å²) in [5, 5.41) is 3.05. The van der Waals surface area contributed by atoms with E-state index in [-0.39, 0.29) is 17.5 Å². The summed E-state index contributed by atoms with van der Waals surface area (Å²) in [6.07, 6.45) is 2.65. The van der Waals surface area contributed by atoms with Crippen molar-refractivity contribution in [1.29, 1.82) is 0 Å². The van der Waals surface area contributed by atoms with E-state index in [9.17, 15) is 14.4 Å². The predicted molar refractivity (Wildman–Crippen MR) is 128 cm³/mol. The number of para-hydroxylation sites is 1.